The zero-order valence-corrected chi connectivity index (χ0v) is 13.1. The van der Waals surface area contributed by atoms with Crippen LogP contribution in [-0.4, -0.2) is 25.8 Å². The number of carbonyl (C=O) groups excluding carboxylic acids is 1. The lowest BCUT2D eigenvalue weighted by atomic mass is 10.1. The fraction of sp³-hybridized carbons (Fsp3) is 0.278. The number of esters is 1. The van der Waals surface area contributed by atoms with Gasteiger partial charge in [0.1, 0.15) is 24.3 Å². The van der Waals surface area contributed by atoms with Crippen molar-refractivity contribution in [3.05, 3.63) is 65.5 Å². The number of rotatable bonds is 7. The Morgan fingerprint density at radius 3 is 2.70 bits per heavy atom. The zero-order valence-electron chi connectivity index (χ0n) is 13.1. The molecule has 0 heterocycles. The third-order valence-electron chi connectivity index (χ3n) is 3.13. The molecule has 1 atom stereocenters. The first-order chi connectivity index (χ1) is 11.1. The number of hydrogen-bond acceptors (Lipinski definition) is 4. The molecular weight excluding hydrogens is 299 g/mol. The summed E-state index contributed by atoms with van der Waals surface area (Å²) in [4.78, 5) is 12.2. The summed E-state index contributed by atoms with van der Waals surface area (Å²) in [5.41, 5.74) is 1.23. The van der Waals surface area contributed by atoms with E-state index in [2.05, 4.69) is 0 Å². The number of carbonyl (C=O) groups is 1. The van der Waals surface area contributed by atoms with Crippen molar-refractivity contribution in [1.82, 2.24) is 0 Å². The van der Waals surface area contributed by atoms with E-state index in [-0.39, 0.29) is 12.4 Å². The van der Waals surface area contributed by atoms with Gasteiger partial charge < -0.3 is 14.2 Å². The summed E-state index contributed by atoms with van der Waals surface area (Å²) in [5.74, 6) is -0.415. The SMILES string of the molecule is COCc1ccccc1C(=O)OC(C)COc1cccc(F)c1. The lowest BCUT2D eigenvalue weighted by Crippen LogP contribution is -2.22. The van der Waals surface area contributed by atoms with E-state index in [0.29, 0.717) is 17.9 Å². The molecule has 0 spiro atoms. The van der Waals surface area contributed by atoms with E-state index in [1.165, 1.54) is 12.1 Å². The molecule has 0 radical (unpaired) electrons. The van der Waals surface area contributed by atoms with Crippen LogP contribution in [0.15, 0.2) is 48.5 Å². The summed E-state index contributed by atoms with van der Waals surface area (Å²) in [6, 6.07) is 12.9. The van der Waals surface area contributed by atoms with Crippen molar-refractivity contribution in [2.75, 3.05) is 13.7 Å². The van der Waals surface area contributed by atoms with Gasteiger partial charge in [0.25, 0.3) is 0 Å². The van der Waals surface area contributed by atoms with Gasteiger partial charge in [-0.2, -0.15) is 0 Å². The van der Waals surface area contributed by atoms with Crippen LogP contribution in [0.4, 0.5) is 4.39 Å². The highest BCUT2D eigenvalue weighted by Crippen LogP contribution is 2.15. The monoisotopic (exact) mass is 318 g/mol. The summed E-state index contributed by atoms with van der Waals surface area (Å²) in [5, 5.41) is 0. The molecule has 0 aliphatic heterocycles. The van der Waals surface area contributed by atoms with Gasteiger partial charge in [0.15, 0.2) is 0 Å². The molecule has 2 aromatic rings. The second-order valence-corrected chi connectivity index (χ2v) is 5.07. The second kappa shape index (κ2) is 8.29. The lowest BCUT2D eigenvalue weighted by molar-refractivity contribution is 0.0224. The molecule has 0 bridgehead atoms. The van der Waals surface area contributed by atoms with Crippen molar-refractivity contribution in [1.29, 1.82) is 0 Å². The van der Waals surface area contributed by atoms with Gasteiger partial charge in [0.2, 0.25) is 0 Å². The maximum absolute atomic E-state index is 13.1. The van der Waals surface area contributed by atoms with Crippen LogP contribution in [0.25, 0.3) is 0 Å². The molecule has 122 valence electrons. The van der Waals surface area contributed by atoms with E-state index < -0.39 is 12.1 Å². The minimum absolute atomic E-state index is 0.141. The maximum atomic E-state index is 13.1. The number of hydrogen-bond donors (Lipinski definition) is 0. The van der Waals surface area contributed by atoms with Gasteiger partial charge in [0, 0.05) is 13.2 Å². The Hall–Kier alpha value is -2.40. The molecule has 4 nitrogen and oxygen atoms in total. The van der Waals surface area contributed by atoms with Gasteiger partial charge in [-0.1, -0.05) is 24.3 Å². The van der Waals surface area contributed by atoms with Gasteiger partial charge in [-0.05, 0) is 30.7 Å². The fourth-order valence-corrected chi connectivity index (χ4v) is 2.05. The van der Waals surface area contributed by atoms with E-state index in [4.69, 9.17) is 14.2 Å². The molecule has 1 unspecified atom stereocenters. The molecule has 5 heteroatoms. The molecule has 0 N–H and O–H groups in total. The maximum Gasteiger partial charge on any atom is 0.338 e. The van der Waals surface area contributed by atoms with Crippen LogP contribution >= 0.6 is 0 Å². The van der Waals surface area contributed by atoms with Gasteiger partial charge in [-0.25, -0.2) is 9.18 Å². The number of halogens is 1. The number of ether oxygens (including phenoxy) is 3. The van der Waals surface area contributed by atoms with Crippen LogP contribution in [0, 0.1) is 5.82 Å². The second-order valence-electron chi connectivity index (χ2n) is 5.07. The third-order valence-corrected chi connectivity index (χ3v) is 3.13. The Morgan fingerprint density at radius 1 is 1.17 bits per heavy atom. The first-order valence-electron chi connectivity index (χ1n) is 7.26. The molecule has 0 aromatic heterocycles. The Morgan fingerprint density at radius 2 is 1.96 bits per heavy atom. The molecule has 23 heavy (non-hydrogen) atoms. The Labute approximate surface area is 134 Å². The van der Waals surface area contributed by atoms with Crippen LogP contribution < -0.4 is 4.74 Å². The Kier molecular flexibility index (Phi) is 6.11. The van der Waals surface area contributed by atoms with Crippen molar-refractivity contribution in [3.63, 3.8) is 0 Å². The van der Waals surface area contributed by atoms with Gasteiger partial charge >= 0.3 is 5.97 Å². The predicted molar refractivity (Wildman–Crippen MR) is 83.9 cm³/mol. The molecule has 0 aliphatic rings. The summed E-state index contributed by atoms with van der Waals surface area (Å²) >= 11 is 0. The summed E-state index contributed by atoms with van der Waals surface area (Å²) in [6.45, 7) is 2.19. The van der Waals surface area contributed by atoms with Crippen LogP contribution in [0.2, 0.25) is 0 Å². The van der Waals surface area contributed by atoms with E-state index in [1.807, 2.05) is 12.1 Å². The van der Waals surface area contributed by atoms with Gasteiger partial charge in [0.05, 0.1) is 12.2 Å². The molecule has 0 saturated heterocycles. The molecular formula is C18H19FO4. The van der Waals surface area contributed by atoms with E-state index in [1.54, 1.807) is 38.3 Å². The highest BCUT2D eigenvalue weighted by Gasteiger charge is 2.16. The standard InChI is InChI=1S/C18H19FO4/c1-13(11-22-16-8-5-7-15(19)10-16)23-18(20)17-9-4-3-6-14(17)12-21-2/h3-10,13H,11-12H2,1-2H3. The van der Waals surface area contributed by atoms with Crippen LogP contribution in [-0.2, 0) is 16.1 Å². The minimum Gasteiger partial charge on any atom is -0.490 e. The molecule has 0 aliphatic carbocycles. The van der Waals surface area contributed by atoms with E-state index in [9.17, 15) is 9.18 Å². The average Bonchev–Trinajstić information content (AvgIpc) is 2.54. The number of methoxy groups -OCH3 is 1. The highest BCUT2D eigenvalue weighted by atomic mass is 19.1. The van der Waals surface area contributed by atoms with Crippen molar-refractivity contribution >= 4 is 5.97 Å². The average molecular weight is 318 g/mol. The van der Waals surface area contributed by atoms with Crippen LogP contribution in [0.5, 0.6) is 5.75 Å². The first-order valence-corrected chi connectivity index (χ1v) is 7.26. The third kappa shape index (κ3) is 5.07. The molecule has 2 aromatic carbocycles. The normalized spacial score (nSPS) is 11.8. The zero-order chi connectivity index (χ0) is 16.7. The summed E-state index contributed by atoms with van der Waals surface area (Å²) in [6.07, 6.45) is -0.471. The Balaban J connectivity index is 1.92. The van der Waals surface area contributed by atoms with Crippen LogP contribution in [0.3, 0.4) is 0 Å². The van der Waals surface area contributed by atoms with Crippen molar-refractivity contribution in [3.8, 4) is 5.75 Å². The van der Waals surface area contributed by atoms with Gasteiger partial charge in [-0.3, -0.25) is 0 Å². The highest BCUT2D eigenvalue weighted by molar-refractivity contribution is 5.91. The molecule has 0 saturated carbocycles. The topological polar surface area (TPSA) is 44.8 Å². The van der Waals surface area contributed by atoms with E-state index >= 15 is 0 Å². The molecule has 2 rings (SSSR count). The minimum atomic E-state index is -0.471. The predicted octanol–water partition coefficient (Wildman–Crippen LogP) is 3.60. The first kappa shape index (κ1) is 17.0. The van der Waals surface area contributed by atoms with E-state index in [0.717, 1.165) is 5.56 Å². The van der Waals surface area contributed by atoms with Crippen molar-refractivity contribution in [2.24, 2.45) is 0 Å². The van der Waals surface area contributed by atoms with Gasteiger partial charge in [-0.15, -0.1) is 0 Å². The summed E-state index contributed by atoms with van der Waals surface area (Å²) < 4.78 is 28.9. The largest absolute Gasteiger partial charge is 0.490 e. The lowest BCUT2D eigenvalue weighted by Gasteiger charge is -2.15. The Bertz CT molecular complexity index is 657. The molecule has 0 fully saturated rings. The number of benzene rings is 2. The van der Waals surface area contributed by atoms with Crippen molar-refractivity contribution < 1.29 is 23.4 Å². The summed E-state index contributed by atoms with van der Waals surface area (Å²) in [7, 11) is 1.57. The van der Waals surface area contributed by atoms with Crippen LogP contribution in [0.1, 0.15) is 22.8 Å². The fourth-order valence-electron chi connectivity index (χ4n) is 2.05. The molecule has 0 amide bonds. The quantitative estimate of drug-likeness (QED) is 0.732. The van der Waals surface area contributed by atoms with Crippen molar-refractivity contribution in [2.45, 2.75) is 19.6 Å². The smallest absolute Gasteiger partial charge is 0.338 e.